The summed E-state index contributed by atoms with van der Waals surface area (Å²) in [4.78, 5) is 11.6. The molecule has 2 rings (SSSR count). The first-order valence-electron chi connectivity index (χ1n) is 5.10. The third kappa shape index (κ3) is 2.02. The third-order valence-corrected chi connectivity index (χ3v) is 3.25. The molecule has 0 aliphatic rings. The number of aryl methyl sites for hydroxylation is 1. The monoisotopic (exact) mass is 235 g/mol. The van der Waals surface area contributed by atoms with Gasteiger partial charge >= 0.3 is 0 Å². The molecule has 0 spiro atoms. The molecule has 16 heavy (non-hydrogen) atoms. The molecule has 1 heterocycles. The number of benzene rings is 1. The van der Waals surface area contributed by atoms with Gasteiger partial charge < -0.3 is 4.74 Å². The van der Waals surface area contributed by atoms with Crippen molar-refractivity contribution < 1.29 is 4.74 Å². The zero-order valence-electron chi connectivity index (χ0n) is 9.27. The van der Waals surface area contributed by atoms with Gasteiger partial charge in [-0.1, -0.05) is 17.6 Å². The van der Waals surface area contributed by atoms with Crippen molar-refractivity contribution in [2.24, 2.45) is 7.05 Å². The minimum atomic E-state index is 0.0698. The molecule has 0 aliphatic carbocycles. The minimum absolute atomic E-state index is 0.0698. The summed E-state index contributed by atoms with van der Waals surface area (Å²) < 4.78 is 7.78. The van der Waals surface area contributed by atoms with Crippen molar-refractivity contribution in [2.45, 2.75) is 6.92 Å². The van der Waals surface area contributed by atoms with E-state index in [0.29, 0.717) is 6.61 Å². The zero-order chi connectivity index (χ0) is 11.5. The summed E-state index contributed by atoms with van der Waals surface area (Å²) >= 11 is 1.46. The second kappa shape index (κ2) is 4.53. The fourth-order valence-electron chi connectivity index (χ4n) is 1.48. The number of ether oxygens (including phenoxy) is 1. The predicted octanol–water partition coefficient (Wildman–Crippen LogP) is 2.61. The predicted molar refractivity (Wildman–Crippen MR) is 67.7 cm³/mol. The van der Waals surface area contributed by atoms with Crippen LogP contribution < -0.4 is 5.56 Å². The molecule has 0 unspecified atom stereocenters. The molecule has 0 N–H and O–H groups in total. The van der Waals surface area contributed by atoms with Crippen LogP contribution in [0.2, 0.25) is 0 Å². The van der Waals surface area contributed by atoms with Gasteiger partial charge in [-0.25, -0.2) is 0 Å². The number of hydrogen-bond donors (Lipinski definition) is 0. The molecule has 3 nitrogen and oxygen atoms in total. The fraction of sp³-hybridized carbons (Fsp3) is 0.250. The van der Waals surface area contributed by atoms with E-state index in [-0.39, 0.29) is 5.56 Å². The molecular weight excluding hydrogens is 222 g/mol. The van der Waals surface area contributed by atoms with Gasteiger partial charge in [0.25, 0.3) is 5.56 Å². The smallest absolute Gasteiger partial charge is 0.268 e. The summed E-state index contributed by atoms with van der Waals surface area (Å²) in [6, 6.07) is 5.78. The highest BCUT2D eigenvalue weighted by Crippen LogP contribution is 2.18. The second-order valence-corrected chi connectivity index (χ2v) is 4.58. The Balaban J connectivity index is 2.41. The first kappa shape index (κ1) is 11.0. The van der Waals surface area contributed by atoms with Crippen LogP contribution in [0.3, 0.4) is 0 Å². The molecule has 0 saturated carbocycles. The van der Waals surface area contributed by atoms with E-state index in [1.54, 1.807) is 17.3 Å². The first-order chi connectivity index (χ1) is 7.72. The van der Waals surface area contributed by atoms with Crippen molar-refractivity contribution in [3.8, 4) is 0 Å². The number of aromatic nitrogens is 1. The van der Waals surface area contributed by atoms with Crippen LogP contribution >= 0.6 is 11.5 Å². The third-order valence-electron chi connectivity index (χ3n) is 2.28. The van der Waals surface area contributed by atoms with Crippen molar-refractivity contribution in [2.75, 3.05) is 6.61 Å². The summed E-state index contributed by atoms with van der Waals surface area (Å²) in [5.74, 6) is 0. The summed E-state index contributed by atoms with van der Waals surface area (Å²) in [6.45, 7) is 2.61. The number of hydrogen-bond acceptors (Lipinski definition) is 3. The Morgan fingerprint density at radius 2 is 2.31 bits per heavy atom. The maximum Gasteiger partial charge on any atom is 0.268 e. The summed E-state index contributed by atoms with van der Waals surface area (Å²) in [5, 5.41) is 0.779. The number of fused-ring (bicyclic) bond motifs is 1. The van der Waals surface area contributed by atoms with Crippen molar-refractivity contribution >= 4 is 27.7 Å². The SMILES string of the molecule is CCO/C=C/c1ccc2c(=O)n(C)sc2c1. The van der Waals surface area contributed by atoms with Gasteiger partial charge in [-0.3, -0.25) is 8.75 Å². The summed E-state index contributed by atoms with van der Waals surface area (Å²) in [6.07, 6.45) is 3.57. The van der Waals surface area contributed by atoms with Crippen LogP contribution in [0.15, 0.2) is 29.3 Å². The quantitative estimate of drug-likeness (QED) is 0.766. The Morgan fingerprint density at radius 3 is 3.06 bits per heavy atom. The van der Waals surface area contributed by atoms with Gasteiger partial charge in [0.05, 0.1) is 23.0 Å². The lowest BCUT2D eigenvalue weighted by Gasteiger charge is -1.94. The molecule has 84 valence electrons. The van der Waals surface area contributed by atoms with Crippen LogP contribution in [0.4, 0.5) is 0 Å². The Bertz CT molecular complexity index is 580. The Kier molecular flexibility index (Phi) is 3.10. The Labute approximate surface area is 97.7 Å². The molecule has 1 aromatic heterocycles. The molecule has 0 atom stereocenters. The van der Waals surface area contributed by atoms with E-state index in [4.69, 9.17) is 4.74 Å². The average molecular weight is 235 g/mol. The van der Waals surface area contributed by atoms with Crippen LogP contribution in [0.1, 0.15) is 12.5 Å². The lowest BCUT2D eigenvalue weighted by Crippen LogP contribution is -2.07. The highest BCUT2D eigenvalue weighted by molar-refractivity contribution is 7.13. The lowest BCUT2D eigenvalue weighted by molar-refractivity contribution is 0.272. The van der Waals surface area contributed by atoms with E-state index >= 15 is 0 Å². The van der Waals surface area contributed by atoms with Crippen LogP contribution in [0.5, 0.6) is 0 Å². The first-order valence-corrected chi connectivity index (χ1v) is 5.88. The lowest BCUT2D eigenvalue weighted by atomic mass is 10.2. The molecule has 0 saturated heterocycles. The van der Waals surface area contributed by atoms with Crippen molar-refractivity contribution in [1.82, 2.24) is 3.96 Å². The van der Waals surface area contributed by atoms with E-state index in [0.717, 1.165) is 15.6 Å². The van der Waals surface area contributed by atoms with Gasteiger partial charge in [0.15, 0.2) is 0 Å². The molecule has 4 heteroatoms. The minimum Gasteiger partial charge on any atom is -0.501 e. The van der Waals surface area contributed by atoms with E-state index in [9.17, 15) is 4.79 Å². The van der Waals surface area contributed by atoms with Crippen molar-refractivity contribution in [3.63, 3.8) is 0 Å². The zero-order valence-corrected chi connectivity index (χ0v) is 10.1. The summed E-state index contributed by atoms with van der Waals surface area (Å²) in [5.41, 5.74) is 1.11. The standard InChI is InChI=1S/C12H13NO2S/c1-3-15-7-6-9-4-5-10-11(8-9)16-13(2)12(10)14/h4-8H,3H2,1-2H3/b7-6+. The van der Waals surface area contributed by atoms with Gasteiger partial charge in [0.1, 0.15) is 0 Å². The topological polar surface area (TPSA) is 31.2 Å². The largest absolute Gasteiger partial charge is 0.501 e. The van der Waals surface area contributed by atoms with Crippen molar-refractivity contribution in [3.05, 3.63) is 40.4 Å². The molecule has 2 aromatic rings. The molecule has 0 amide bonds. The number of nitrogens with zero attached hydrogens (tertiary/aromatic N) is 1. The second-order valence-electron chi connectivity index (χ2n) is 3.41. The van der Waals surface area contributed by atoms with Gasteiger partial charge in [0, 0.05) is 7.05 Å². The maximum atomic E-state index is 11.6. The van der Waals surface area contributed by atoms with Crippen LogP contribution in [-0.2, 0) is 11.8 Å². The molecular formula is C12H13NO2S. The highest BCUT2D eigenvalue weighted by Gasteiger charge is 2.03. The molecule has 0 bridgehead atoms. The van der Waals surface area contributed by atoms with Crippen LogP contribution in [0, 0.1) is 0 Å². The highest BCUT2D eigenvalue weighted by atomic mass is 32.1. The van der Waals surface area contributed by atoms with Gasteiger partial charge in [0.2, 0.25) is 0 Å². The van der Waals surface area contributed by atoms with E-state index in [1.165, 1.54) is 11.5 Å². The van der Waals surface area contributed by atoms with Gasteiger partial charge in [-0.05, 0) is 30.7 Å². The molecule has 0 fully saturated rings. The normalized spacial score (nSPS) is 11.4. The fourth-order valence-corrected chi connectivity index (χ4v) is 2.40. The average Bonchev–Trinajstić information content (AvgIpc) is 2.55. The van der Waals surface area contributed by atoms with Gasteiger partial charge in [-0.15, -0.1) is 0 Å². The maximum absolute atomic E-state index is 11.6. The Hall–Kier alpha value is -1.55. The molecule has 0 aliphatic heterocycles. The Morgan fingerprint density at radius 1 is 1.50 bits per heavy atom. The van der Waals surface area contributed by atoms with E-state index in [1.807, 2.05) is 31.2 Å². The van der Waals surface area contributed by atoms with Gasteiger partial charge in [-0.2, -0.15) is 0 Å². The van der Waals surface area contributed by atoms with Crippen molar-refractivity contribution in [1.29, 1.82) is 0 Å². The van der Waals surface area contributed by atoms with E-state index in [2.05, 4.69) is 0 Å². The van der Waals surface area contributed by atoms with Crippen LogP contribution in [-0.4, -0.2) is 10.6 Å². The van der Waals surface area contributed by atoms with Crippen LogP contribution in [0.25, 0.3) is 16.2 Å². The van der Waals surface area contributed by atoms with E-state index < -0.39 is 0 Å². The number of rotatable bonds is 3. The molecule has 1 aromatic carbocycles. The summed E-state index contributed by atoms with van der Waals surface area (Å²) in [7, 11) is 1.78. The molecule has 0 radical (unpaired) electrons.